The molecular formula is C21H24N4O3. The maximum absolute atomic E-state index is 12.5. The van der Waals surface area contributed by atoms with Crippen molar-refractivity contribution in [3.8, 4) is 0 Å². The van der Waals surface area contributed by atoms with Crippen LogP contribution in [0, 0.1) is 0 Å². The molecule has 28 heavy (non-hydrogen) atoms. The Balaban J connectivity index is 1.41. The molecule has 0 bridgehead atoms. The first-order chi connectivity index (χ1) is 13.6. The number of anilines is 1. The minimum atomic E-state index is -0.692. The maximum atomic E-state index is 12.5. The Kier molecular flexibility index (Phi) is 5.14. The number of hydrogen-bond donors (Lipinski definition) is 3. The van der Waals surface area contributed by atoms with Crippen molar-refractivity contribution in [1.82, 2.24) is 15.2 Å². The van der Waals surface area contributed by atoms with Gasteiger partial charge in [0.2, 0.25) is 5.91 Å². The Bertz CT molecular complexity index is 905. The van der Waals surface area contributed by atoms with Gasteiger partial charge in [-0.3, -0.25) is 14.4 Å². The number of rotatable bonds is 4. The fourth-order valence-electron chi connectivity index (χ4n) is 4.01. The second kappa shape index (κ2) is 7.88. The van der Waals surface area contributed by atoms with Gasteiger partial charge in [-0.25, -0.2) is 0 Å². The third kappa shape index (κ3) is 3.78. The molecule has 1 aliphatic heterocycles. The standard InChI is InChI=1S/C21H24N4O3/c26-19-9-4-12-25(19)13-14-5-1-2-6-16(14)23-20(27)21(28)24-18-8-3-7-17-15(18)10-11-22-17/h1-2,5-6,10-11,18,22H,3-4,7-9,12-13H2,(H,23,27)(H,24,28). The second-order valence-corrected chi connectivity index (χ2v) is 7.36. The third-order valence-electron chi connectivity index (χ3n) is 5.47. The number of benzene rings is 1. The van der Waals surface area contributed by atoms with Crippen LogP contribution in [0.25, 0.3) is 0 Å². The molecule has 4 rings (SSSR count). The fraction of sp³-hybridized carbons (Fsp3) is 0.381. The van der Waals surface area contributed by atoms with Crippen LogP contribution in [0.4, 0.5) is 5.69 Å². The van der Waals surface area contributed by atoms with Gasteiger partial charge < -0.3 is 20.5 Å². The number of fused-ring (bicyclic) bond motifs is 1. The Morgan fingerprint density at radius 3 is 2.79 bits per heavy atom. The monoisotopic (exact) mass is 380 g/mol. The highest BCUT2D eigenvalue weighted by atomic mass is 16.2. The number of likely N-dealkylation sites (tertiary alicyclic amines) is 1. The van der Waals surface area contributed by atoms with E-state index in [1.165, 1.54) is 0 Å². The summed E-state index contributed by atoms with van der Waals surface area (Å²) in [6.07, 6.45) is 6.04. The van der Waals surface area contributed by atoms with Gasteiger partial charge in [-0.2, -0.15) is 0 Å². The van der Waals surface area contributed by atoms with Crippen molar-refractivity contribution in [2.45, 2.75) is 44.7 Å². The summed E-state index contributed by atoms with van der Waals surface area (Å²) in [6, 6.07) is 9.10. The minimum absolute atomic E-state index is 0.124. The number of aromatic nitrogens is 1. The molecule has 1 aliphatic carbocycles. The number of H-pyrrole nitrogens is 1. The molecule has 1 unspecified atom stereocenters. The Morgan fingerprint density at radius 2 is 1.96 bits per heavy atom. The lowest BCUT2D eigenvalue weighted by Gasteiger charge is -2.23. The van der Waals surface area contributed by atoms with Crippen LogP contribution in [0.15, 0.2) is 36.5 Å². The first kappa shape index (κ1) is 18.3. The first-order valence-electron chi connectivity index (χ1n) is 9.75. The van der Waals surface area contributed by atoms with Crippen LogP contribution in [-0.4, -0.2) is 34.2 Å². The average Bonchev–Trinajstić information content (AvgIpc) is 3.33. The summed E-state index contributed by atoms with van der Waals surface area (Å²) in [5, 5.41) is 5.56. The van der Waals surface area contributed by atoms with Crippen LogP contribution >= 0.6 is 0 Å². The molecule has 2 aliphatic rings. The maximum Gasteiger partial charge on any atom is 0.313 e. The van der Waals surface area contributed by atoms with Gasteiger partial charge in [0.15, 0.2) is 0 Å². The third-order valence-corrected chi connectivity index (χ3v) is 5.47. The zero-order valence-corrected chi connectivity index (χ0v) is 15.7. The van der Waals surface area contributed by atoms with Gasteiger partial charge in [0.1, 0.15) is 0 Å². The van der Waals surface area contributed by atoms with E-state index in [0.29, 0.717) is 18.7 Å². The second-order valence-electron chi connectivity index (χ2n) is 7.36. The molecular weight excluding hydrogens is 356 g/mol. The normalized spacial score (nSPS) is 18.6. The predicted octanol–water partition coefficient (Wildman–Crippen LogP) is 2.27. The smallest absolute Gasteiger partial charge is 0.313 e. The fourth-order valence-corrected chi connectivity index (χ4v) is 4.01. The minimum Gasteiger partial charge on any atom is -0.365 e. The SMILES string of the molecule is O=C(Nc1ccccc1CN1CCCC1=O)C(=O)NC1CCCc2[nH]ccc21. The van der Waals surface area contributed by atoms with Crippen molar-refractivity contribution in [2.75, 3.05) is 11.9 Å². The van der Waals surface area contributed by atoms with Gasteiger partial charge in [-0.05, 0) is 48.9 Å². The Morgan fingerprint density at radius 1 is 1.11 bits per heavy atom. The average molecular weight is 380 g/mol. The summed E-state index contributed by atoms with van der Waals surface area (Å²) in [5.41, 5.74) is 3.57. The van der Waals surface area contributed by atoms with E-state index in [4.69, 9.17) is 0 Å². The molecule has 0 spiro atoms. The molecule has 2 aromatic rings. The lowest BCUT2D eigenvalue weighted by Crippen LogP contribution is -2.39. The van der Waals surface area contributed by atoms with Gasteiger partial charge in [0.25, 0.3) is 0 Å². The summed E-state index contributed by atoms with van der Waals surface area (Å²) in [7, 11) is 0. The summed E-state index contributed by atoms with van der Waals surface area (Å²) in [6.45, 7) is 1.16. The van der Waals surface area contributed by atoms with Crippen molar-refractivity contribution < 1.29 is 14.4 Å². The van der Waals surface area contributed by atoms with Crippen LogP contribution in [0.1, 0.15) is 48.5 Å². The molecule has 2 heterocycles. The van der Waals surface area contributed by atoms with Gasteiger partial charge in [-0.1, -0.05) is 18.2 Å². The summed E-state index contributed by atoms with van der Waals surface area (Å²) in [5.74, 6) is -1.22. The number of amides is 3. The van der Waals surface area contributed by atoms with E-state index in [9.17, 15) is 14.4 Å². The topological polar surface area (TPSA) is 94.3 Å². The van der Waals surface area contributed by atoms with Crippen LogP contribution in [0.5, 0.6) is 0 Å². The highest BCUT2D eigenvalue weighted by Gasteiger charge is 2.26. The largest absolute Gasteiger partial charge is 0.365 e. The molecule has 1 aromatic heterocycles. The molecule has 1 saturated heterocycles. The van der Waals surface area contributed by atoms with E-state index in [-0.39, 0.29) is 11.9 Å². The molecule has 1 fully saturated rings. The zero-order chi connectivity index (χ0) is 19.5. The van der Waals surface area contributed by atoms with Gasteiger partial charge in [0.05, 0.1) is 6.04 Å². The highest BCUT2D eigenvalue weighted by Crippen LogP contribution is 2.28. The van der Waals surface area contributed by atoms with E-state index in [2.05, 4.69) is 15.6 Å². The molecule has 1 atom stereocenters. The number of nitrogens with one attached hydrogen (secondary N) is 3. The summed E-state index contributed by atoms with van der Waals surface area (Å²) in [4.78, 5) is 41.8. The van der Waals surface area contributed by atoms with E-state index in [1.807, 2.05) is 24.4 Å². The van der Waals surface area contributed by atoms with Crippen molar-refractivity contribution in [1.29, 1.82) is 0 Å². The number of hydrogen-bond acceptors (Lipinski definition) is 3. The van der Waals surface area contributed by atoms with Crippen molar-refractivity contribution in [2.24, 2.45) is 0 Å². The van der Waals surface area contributed by atoms with Crippen molar-refractivity contribution >= 4 is 23.4 Å². The zero-order valence-electron chi connectivity index (χ0n) is 15.7. The van der Waals surface area contributed by atoms with Crippen LogP contribution in [-0.2, 0) is 27.3 Å². The molecule has 1 aromatic carbocycles. The van der Waals surface area contributed by atoms with Crippen LogP contribution in [0.2, 0.25) is 0 Å². The molecule has 3 amide bonds. The van der Waals surface area contributed by atoms with E-state index < -0.39 is 11.8 Å². The van der Waals surface area contributed by atoms with Crippen molar-refractivity contribution in [3.05, 3.63) is 53.3 Å². The summed E-state index contributed by atoms with van der Waals surface area (Å²) < 4.78 is 0. The van der Waals surface area contributed by atoms with E-state index in [0.717, 1.165) is 49.0 Å². The summed E-state index contributed by atoms with van der Waals surface area (Å²) >= 11 is 0. The van der Waals surface area contributed by atoms with Gasteiger partial charge in [-0.15, -0.1) is 0 Å². The van der Waals surface area contributed by atoms with Crippen molar-refractivity contribution in [3.63, 3.8) is 0 Å². The molecule has 0 radical (unpaired) electrons. The molecule has 3 N–H and O–H groups in total. The van der Waals surface area contributed by atoms with Crippen LogP contribution < -0.4 is 10.6 Å². The Labute approximate surface area is 163 Å². The lowest BCUT2D eigenvalue weighted by atomic mass is 9.93. The number of nitrogens with zero attached hydrogens (tertiary/aromatic N) is 1. The number of aromatic amines is 1. The van der Waals surface area contributed by atoms with E-state index >= 15 is 0 Å². The number of para-hydroxylation sites is 1. The van der Waals surface area contributed by atoms with Crippen LogP contribution in [0.3, 0.4) is 0 Å². The number of carbonyl (C=O) groups is 3. The molecule has 7 heteroatoms. The Hall–Kier alpha value is -3.09. The number of aryl methyl sites for hydroxylation is 1. The first-order valence-corrected chi connectivity index (χ1v) is 9.75. The lowest BCUT2D eigenvalue weighted by molar-refractivity contribution is -0.136. The predicted molar refractivity (Wildman–Crippen MR) is 104 cm³/mol. The number of carbonyl (C=O) groups excluding carboxylic acids is 3. The quantitative estimate of drug-likeness (QED) is 0.710. The molecule has 0 saturated carbocycles. The molecule has 7 nitrogen and oxygen atoms in total. The highest BCUT2D eigenvalue weighted by molar-refractivity contribution is 6.39. The molecule has 146 valence electrons. The van der Waals surface area contributed by atoms with E-state index in [1.54, 1.807) is 17.0 Å². The van der Waals surface area contributed by atoms with Gasteiger partial charge in [0, 0.05) is 37.1 Å². The van der Waals surface area contributed by atoms with Gasteiger partial charge >= 0.3 is 11.8 Å².